The average molecular weight is 251 g/mol. The van der Waals surface area contributed by atoms with E-state index in [9.17, 15) is 5.11 Å². The fraction of sp³-hybridized carbons (Fsp3) is 0.0625. The number of benzene rings is 2. The molecule has 1 N–H and O–H groups in total. The molecule has 0 saturated heterocycles. The second-order valence-electron chi connectivity index (χ2n) is 4.40. The predicted octanol–water partition coefficient (Wildman–Crippen LogP) is 4.02. The van der Waals surface area contributed by atoms with E-state index in [1.165, 1.54) is 0 Å². The van der Waals surface area contributed by atoms with Gasteiger partial charge in [-0.15, -0.1) is 0 Å². The van der Waals surface area contributed by atoms with E-state index >= 15 is 0 Å². The van der Waals surface area contributed by atoms with Crippen LogP contribution in [0.5, 0.6) is 5.95 Å². The SMILES string of the molecule is Cc1ccc(-c2nc(-c3ccccc3)oc2O)cc1. The van der Waals surface area contributed by atoms with Crippen LogP contribution in [0.1, 0.15) is 5.56 Å². The van der Waals surface area contributed by atoms with E-state index in [4.69, 9.17) is 4.42 Å². The third-order valence-electron chi connectivity index (χ3n) is 2.96. The minimum absolute atomic E-state index is 0.150. The summed E-state index contributed by atoms with van der Waals surface area (Å²) in [7, 11) is 0. The lowest BCUT2D eigenvalue weighted by molar-refractivity contribution is 0.339. The Balaban J connectivity index is 2.05. The summed E-state index contributed by atoms with van der Waals surface area (Å²) < 4.78 is 5.33. The zero-order valence-electron chi connectivity index (χ0n) is 10.5. The fourth-order valence-corrected chi connectivity index (χ4v) is 1.92. The maximum Gasteiger partial charge on any atom is 0.311 e. The van der Waals surface area contributed by atoms with Crippen LogP contribution in [0.15, 0.2) is 59.0 Å². The number of nitrogens with zero attached hydrogens (tertiary/aromatic N) is 1. The van der Waals surface area contributed by atoms with Gasteiger partial charge in [0.2, 0.25) is 5.89 Å². The zero-order valence-corrected chi connectivity index (χ0v) is 10.5. The molecule has 1 aromatic heterocycles. The fourth-order valence-electron chi connectivity index (χ4n) is 1.92. The largest absolute Gasteiger partial charge is 0.479 e. The molecule has 0 atom stereocenters. The molecule has 0 radical (unpaired) electrons. The molecule has 0 aliphatic heterocycles. The summed E-state index contributed by atoms with van der Waals surface area (Å²) >= 11 is 0. The van der Waals surface area contributed by atoms with Crippen LogP contribution < -0.4 is 0 Å². The van der Waals surface area contributed by atoms with E-state index in [0.29, 0.717) is 11.6 Å². The lowest BCUT2D eigenvalue weighted by Crippen LogP contribution is -1.80. The van der Waals surface area contributed by atoms with Gasteiger partial charge in [0.05, 0.1) is 0 Å². The lowest BCUT2D eigenvalue weighted by atomic mass is 10.1. The molecule has 0 aliphatic carbocycles. The standard InChI is InChI=1S/C16H13NO2/c1-11-7-9-12(10-8-11)14-16(18)19-15(17-14)13-5-3-2-4-6-13/h2-10,18H,1H3. The highest BCUT2D eigenvalue weighted by Gasteiger charge is 2.15. The van der Waals surface area contributed by atoms with Crippen molar-refractivity contribution in [3.05, 3.63) is 60.2 Å². The van der Waals surface area contributed by atoms with Crippen LogP contribution in [0.2, 0.25) is 0 Å². The van der Waals surface area contributed by atoms with Gasteiger partial charge < -0.3 is 9.52 Å². The molecule has 0 bridgehead atoms. The van der Waals surface area contributed by atoms with Gasteiger partial charge in [0, 0.05) is 11.1 Å². The first-order valence-corrected chi connectivity index (χ1v) is 6.06. The quantitative estimate of drug-likeness (QED) is 0.748. The first-order valence-electron chi connectivity index (χ1n) is 6.06. The minimum atomic E-state index is -0.150. The number of aromatic hydroxyl groups is 1. The molecule has 1 heterocycles. The van der Waals surface area contributed by atoms with Gasteiger partial charge in [-0.05, 0) is 19.1 Å². The van der Waals surface area contributed by atoms with Crippen LogP contribution in [-0.4, -0.2) is 10.1 Å². The average Bonchev–Trinajstić information content (AvgIpc) is 2.83. The van der Waals surface area contributed by atoms with E-state index in [0.717, 1.165) is 16.7 Å². The molecular weight excluding hydrogens is 238 g/mol. The summed E-state index contributed by atoms with van der Waals surface area (Å²) in [5.41, 5.74) is 3.32. The highest BCUT2D eigenvalue weighted by Crippen LogP contribution is 2.33. The third-order valence-corrected chi connectivity index (χ3v) is 2.96. The Morgan fingerprint density at radius 1 is 0.895 bits per heavy atom. The van der Waals surface area contributed by atoms with Crippen molar-refractivity contribution in [3.8, 4) is 28.7 Å². The molecule has 0 spiro atoms. The smallest absolute Gasteiger partial charge is 0.311 e. The third kappa shape index (κ3) is 2.22. The Bertz CT molecular complexity index is 685. The Kier molecular flexibility index (Phi) is 2.80. The number of rotatable bonds is 2. The summed E-state index contributed by atoms with van der Waals surface area (Å²) in [6.07, 6.45) is 0. The molecule has 2 aromatic carbocycles. The molecule has 3 aromatic rings. The maximum atomic E-state index is 9.89. The summed E-state index contributed by atoms with van der Waals surface area (Å²) in [5, 5.41) is 9.89. The molecule has 0 fully saturated rings. The second kappa shape index (κ2) is 4.61. The molecule has 3 nitrogen and oxygen atoms in total. The van der Waals surface area contributed by atoms with Crippen LogP contribution in [-0.2, 0) is 0 Å². The number of aryl methyl sites for hydroxylation is 1. The number of aromatic nitrogens is 1. The van der Waals surface area contributed by atoms with Crippen molar-refractivity contribution in [2.24, 2.45) is 0 Å². The summed E-state index contributed by atoms with van der Waals surface area (Å²) in [6, 6.07) is 17.3. The highest BCUT2D eigenvalue weighted by molar-refractivity contribution is 5.67. The van der Waals surface area contributed by atoms with Gasteiger partial charge >= 0.3 is 5.95 Å². The predicted molar refractivity (Wildman–Crippen MR) is 73.8 cm³/mol. The number of hydrogen-bond acceptors (Lipinski definition) is 3. The van der Waals surface area contributed by atoms with Crippen molar-refractivity contribution in [3.63, 3.8) is 0 Å². The molecule has 3 rings (SSSR count). The summed E-state index contributed by atoms with van der Waals surface area (Å²) in [6.45, 7) is 2.02. The zero-order chi connectivity index (χ0) is 13.2. The van der Waals surface area contributed by atoms with E-state index in [2.05, 4.69) is 4.98 Å². The van der Waals surface area contributed by atoms with Gasteiger partial charge in [-0.1, -0.05) is 48.0 Å². The molecule has 19 heavy (non-hydrogen) atoms. The molecular formula is C16H13NO2. The highest BCUT2D eigenvalue weighted by atomic mass is 16.5. The van der Waals surface area contributed by atoms with Crippen molar-refractivity contribution in [2.75, 3.05) is 0 Å². The number of oxazole rings is 1. The molecule has 0 saturated carbocycles. The van der Waals surface area contributed by atoms with Crippen molar-refractivity contribution in [1.29, 1.82) is 0 Å². The van der Waals surface area contributed by atoms with E-state index in [1.54, 1.807) is 0 Å². The Hall–Kier alpha value is -2.55. The molecule has 0 aliphatic rings. The normalized spacial score (nSPS) is 10.6. The van der Waals surface area contributed by atoms with E-state index < -0.39 is 0 Å². The summed E-state index contributed by atoms with van der Waals surface area (Å²) in [5.74, 6) is 0.274. The van der Waals surface area contributed by atoms with Crippen molar-refractivity contribution in [1.82, 2.24) is 4.98 Å². The molecule has 94 valence electrons. The van der Waals surface area contributed by atoms with Gasteiger partial charge in [0.1, 0.15) is 0 Å². The molecule has 3 heteroatoms. The second-order valence-corrected chi connectivity index (χ2v) is 4.40. The van der Waals surface area contributed by atoms with Gasteiger partial charge in [-0.25, -0.2) is 4.98 Å². The monoisotopic (exact) mass is 251 g/mol. The van der Waals surface area contributed by atoms with Gasteiger partial charge in [0.15, 0.2) is 5.69 Å². The Labute approximate surface area is 111 Å². The maximum absolute atomic E-state index is 9.89. The van der Waals surface area contributed by atoms with E-state index in [1.807, 2.05) is 61.5 Å². The lowest BCUT2D eigenvalue weighted by Gasteiger charge is -1.96. The van der Waals surface area contributed by atoms with Crippen LogP contribution >= 0.6 is 0 Å². The van der Waals surface area contributed by atoms with Crippen molar-refractivity contribution < 1.29 is 9.52 Å². The first kappa shape index (κ1) is 11.5. The van der Waals surface area contributed by atoms with E-state index in [-0.39, 0.29) is 5.95 Å². The minimum Gasteiger partial charge on any atom is -0.479 e. The van der Waals surface area contributed by atoms with Crippen molar-refractivity contribution in [2.45, 2.75) is 6.92 Å². The molecule has 0 amide bonds. The van der Waals surface area contributed by atoms with Crippen LogP contribution in [0, 0.1) is 6.92 Å². The first-order chi connectivity index (χ1) is 9.24. The Morgan fingerprint density at radius 2 is 1.58 bits per heavy atom. The summed E-state index contributed by atoms with van der Waals surface area (Å²) in [4.78, 5) is 4.36. The van der Waals surface area contributed by atoms with Gasteiger partial charge in [-0.3, -0.25) is 0 Å². The Morgan fingerprint density at radius 3 is 2.26 bits per heavy atom. The number of hydrogen-bond donors (Lipinski definition) is 1. The van der Waals surface area contributed by atoms with Crippen LogP contribution in [0.25, 0.3) is 22.7 Å². The van der Waals surface area contributed by atoms with Gasteiger partial charge in [-0.2, -0.15) is 0 Å². The molecule has 0 unspecified atom stereocenters. The van der Waals surface area contributed by atoms with Crippen molar-refractivity contribution >= 4 is 0 Å². The van der Waals surface area contributed by atoms with Gasteiger partial charge in [0.25, 0.3) is 0 Å². The van der Waals surface area contributed by atoms with Crippen LogP contribution in [0.4, 0.5) is 0 Å². The van der Waals surface area contributed by atoms with Crippen LogP contribution in [0.3, 0.4) is 0 Å². The topological polar surface area (TPSA) is 46.3 Å².